The minimum atomic E-state index is -1.02. The first-order chi connectivity index (χ1) is 12.9. The average molecular weight is 373 g/mol. The maximum Gasteiger partial charge on any atom is 0.339 e. The van der Waals surface area contributed by atoms with Crippen molar-refractivity contribution in [2.24, 2.45) is 0 Å². The molecule has 0 saturated carbocycles. The molecule has 0 aliphatic rings. The minimum absolute atomic E-state index is 0.0328. The lowest BCUT2D eigenvalue weighted by molar-refractivity contribution is -0.130. The molecule has 0 radical (unpaired) electrons. The van der Waals surface area contributed by atoms with Gasteiger partial charge in [0.25, 0.3) is 0 Å². The van der Waals surface area contributed by atoms with Gasteiger partial charge in [-0.25, -0.2) is 4.79 Å². The molecule has 0 saturated heterocycles. The molecule has 0 unspecified atom stereocenters. The number of nitrogens with zero attached hydrogens (tertiary/aromatic N) is 1. The lowest BCUT2D eigenvalue weighted by Gasteiger charge is -2.15. The lowest BCUT2D eigenvalue weighted by atomic mass is 10.1. The van der Waals surface area contributed by atoms with Crippen LogP contribution < -0.4 is 4.74 Å². The largest absolute Gasteiger partial charge is 0.497 e. The Morgan fingerprint density at radius 1 is 1.15 bits per heavy atom. The predicted molar refractivity (Wildman–Crippen MR) is 102 cm³/mol. The number of aryl methyl sites for hydroxylation is 2. The number of aromatic carboxylic acids is 1. The number of carboxylic acid groups (broad SMARTS) is 1. The number of hydrogen-bond donors (Lipinski definition) is 1. The van der Waals surface area contributed by atoms with Gasteiger partial charge < -0.3 is 19.2 Å². The molecule has 1 amide bonds. The molecule has 27 heavy (non-hydrogen) atoms. The quantitative estimate of drug-likeness (QED) is 0.635. The molecule has 0 aliphatic heterocycles. The number of ether oxygens (including phenoxy) is 1. The SMILES string of the molecule is COc1ccc(CCCCCC(=O)N(C)Cc2cc(C(=O)O)c(C)o2)cc1. The number of unbranched alkanes of at least 4 members (excludes halogenated alkanes) is 2. The lowest BCUT2D eigenvalue weighted by Crippen LogP contribution is -2.25. The molecule has 6 nitrogen and oxygen atoms in total. The standard InChI is InChI=1S/C21H27NO5/c1-15-19(21(24)25)13-18(27-15)14-22(2)20(23)8-6-4-5-7-16-9-11-17(26-3)12-10-16/h9-13H,4-8,14H2,1-3H3,(H,24,25). The molecule has 0 spiro atoms. The van der Waals surface area contributed by atoms with Gasteiger partial charge in [0.2, 0.25) is 5.91 Å². The Morgan fingerprint density at radius 3 is 2.44 bits per heavy atom. The number of carboxylic acids is 1. The van der Waals surface area contributed by atoms with Gasteiger partial charge in [-0.2, -0.15) is 0 Å². The number of furan rings is 1. The number of amides is 1. The summed E-state index contributed by atoms with van der Waals surface area (Å²) in [6.45, 7) is 1.89. The highest BCUT2D eigenvalue weighted by atomic mass is 16.5. The highest BCUT2D eigenvalue weighted by molar-refractivity contribution is 5.88. The van der Waals surface area contributed by atoms with Gasteiger partial charge >= 0.3 is 5.97 Å². The summed E-state index contributed by atoms with van der Waals surface area (Å²) >= 11 is 0. The maximum atomic E-state index is 12.2. The molecule has 146 valence electrons. The van der Waals surface area contributed by atoms with Gasteiger partial charge in [-0.3, -0.25) is 4.79 Å². The van der Waals surface area contributed by atoms with Crippen LogP contribution >= 0.6 is 0 Å². The number of methoxy groups -OCH3 is 1. The maximum absolute atomic E-state index is 12.2. The fraction of sp³-hybridized carbons (Fsp3) is 0.429. The average Bonchev–Trinajstić information content (AvgIpc) is 3.02. The van der Waals surface area contributed by atoms with Crippen molar-refractivity contribution in [1.29, 1.82) is 0 Å². The first-order valence-electron chi connectivity index (χ1n) is 9.10. The molecule has 0 aliphatic carbocycles. The summed E-state index contributed by atoms with van der Waals surface area (Å²) in [7, 11) is 3.36. The number of carbonyl (C=O) groups excluding carboxylic acids is 1. The smallest absolute Gasteiger partial charge is 0.339 e. The van der Waals surface area contributed by atoms with E-state index in [1.54, 1.807) is 26.0 Å². The number of carbonyl (C=O) groups is 2. The van der Waals surface area contributed by atoms with Crippen LogP contribution in [0, 0.1) is 6.92 Å². The number of rotatable bonds is 10. The summed E-state index contributed by atoms with van der Waals surface area (Å²) in [6.07, 6.45) is 4.30. The van der Waals surface area contributed by atoms with Crippen molar-refractivity contribution in [2.75, 3.05) is 14.2 Å². The van der Waals surface area contributed by atoms with Crippen molar-refractivity contribution in [3.63, 3.8) is 0 Å². The van der Waals surface area contributed by atoms with Gasteiger partial charge in [-0.05, 0) is 49.9 Å². The van der Waals surface area contributed by atoms with Gasteiger partial charge in [-0.1, -0.05) is 18.6 Å². The van der Waals surface area contributed by atoms with Gasteiger partial charge in [0.15, 0.2) is 0 Å². The van der Waals surface area contributed by atoms with E-state index < -0.39 is 5.97 Å². The predicted octanol–water partition coefficient (Wildman–Crippen LogP) is 4.06. The summed E-state index contributed by atoms with van der Waals surface area (Å²) in [5.41, 5.74) is 1.41. The van der Waals surface area contributed by atoms with E-state index in [1.807, 2.05) is 12.1 Å². The topological polar surface area (TPSA) is 80.0 Å². The summed E-state index contributed by atoms with van der Waals surface area (Å²) < 4.78 is 10.6. The van der Waals surface area contributed by atoms with Crippen molar-refractivity contribution in [3.05, 3.63) is 53.0 Å². The van der Waals surface area contributed by atoms with Gasteiger partial charge in [-0.15, -0.1) is 0 Å². The molecular formula is C21H27NO5. The summed E-state index contributed by atoms with van der Waals surface area (Å²) in [4.78, 5) is 24.9. The molecule has 1 N–H and O–H groups in total. The third kappa shape index (κ3) is 6.16. The normalized spacial score (nSPS) is 10.6. The van der Waals surface area contributed by atoms with E-state index in [9.17, 15) is 9.59 Å². The van der Waals surface area contributed by atoms with E-state index in [0.29, 0.717) is 17.9 Å². The Bertz CT molecular complexity index is 763. The van der Waals surface area contributed by atoms with E-state index >= 15 is 0 Å². The van der Waals surface area contributed by atoms with Crippen LogP contribution in [0.3, 0.4) is 0 Å². The minimum Gasteiger partial charge on any atom is -0.497 e. The van der Waals surface area contributed by atoms with Crippen LogP contribution in [0.5, 0.6) is 5.75 Å². The Labute approximate surface area is 159 Å². The van der Waals surface area contributed by atoms with Crippen molar-refractivity contribution >= 4 is 11.9 Å². The number of hydrogen-bond acceptors (Lipinski definition) is 4. The first-order valence-corrected chi connectivity index (χ1v) is 9.10. The van der Waals surface area contributed by atoms with Crippen molar-refractivity contribution < 1.29 is 23.8 Å². The Balaban J connectivity index is 1.68. The third-order valence-corrected chi connectivity index (χ3v) is 4.53. The second-order valence-corrected chi connectivity index (χ2v) is 6.65. The molecular weight excluding hydrogens is 346 g/mol. The fourth-order valence-electron chi connectivity index (χ4n) is 2.92. The van der Waals surface area contributed by atoms with Crippen molar-refractivity contribution in [1.82, 2.24) is 4.90 Å². The van der Waals surface area contributed by atoms with Crippen LogP contribution in [0.4, 0.5) is 0 Å². The van der Waals surface area contributed by atoms with E-state index in [4.69, 9.17) is 14.3 Å². The Kier molecular flexibility index (Phi) is 7.46. The van der Waals surface area contributed by atoms with Crippen LogP contribution in [0.1, 0.15) is 53.1 Å². The zero-order valence-electron chi connectivity index (χ0n) is 16.2. The fourth-order valence-corrected chi connectivity index (χ4v) is 2.92. The van der Waals surface area contributed by atoms with E-state index in [2.05, 4.69) is 12.1 Å². The molecule has 0 atom stereocenters. The second-order valence-electron chi connectivity index (χ2n) is 6.65. The van der Waals surface area contributed by atoms with Crippen LogP contribution in [0.15, 0.2) is 34.7 Å². The monoisotopic (exact) mass is 373 g/mol. The van der Waals surface area contributed by atoms with E-state index in [0.717, 1.165) is 31.4 Å². The van der Waals surface area contributed by atoms with E-state index in [1.165, 1.54) is 11.6 Å². The molecule has 1 heterocycles. The summed E-state index contributed by atoms with van der Waals surface area (Å²) in [5, 5.41) is 9.05. The molecule has 1 aromatic heterocycles. The van der Waals surface area contributed by atoms with Crippen LogP contribution in [0.2, 0.25) is 0 Å². The molecule has 2 aromatic rings. The Morgan fingerprint density at radius 2 is 1.85 bits per heavy atom. The van der Waals surface area contributed by atoms with E-state index in [-0.39, 0.29) is 18.0 Å². The zero-order chi connectivity index (χ0) is 19.8. The van der Waals surface area contributed by atoms with Gasteiger partial charge in [0.05, 0.1) is 13.7 Å². The van der Waals surface area contributed by atoms with Crippen LogP contribution in [-0.4, -0.2) is 36.0 Å². The second kappa shape index (κ2) is 9.80. The van der Waals surface area contributed by atoms with Crippen LogP contribution in [0.25, 0.3) is 0 Å². The first kappa shape index (κ1) is 20.6. The summed E-state index contributed by atoms with van der Waals surface area (Å²) in [6, 6.07) is 9.53. The number of benzene rings is 1. The molecule has 0 bridgehead atoms. The highest BCUT2D eigenvalue weighted by Gasteiger charge is 2.16. The Hall–Kier alpha value is -2.76. The van der Waals surface area contributed by atoms with Crippen LogP contribution in [-0.2, 0) is 17.8 Å². The molecule has 6 heteroatoms. The molecule has 2 rings (SSSR count). The van der Waals surface area contributed by atoms with Crippen molar-refractivity contribution in [3.8, 4) is 5.75 Å². The van der Waals surface area contributed by atoms with Gasteiger partial charge in [0.1, 0.15) is 22.8 Å². The molecule has 1 aromatic carbocycles. The molecule has 0 fully saturated rings. The summed E-state index contributed by atoms with van der Waals surface area (Å²) in [5.74, 6) is 0.713. The van der Waals surface area contributed by atoms with Crippen molar-refractivity contribution in [2.45, 2.75) is 45.6 Å². The highest BCUT2D eigenvalue weighted by Crippen LogP contribution is 2.17. The van der Waals surface area contributed by atoms with Gasteiger partial charge in [0, 0.05) is 13.5 Å². The third-order valence-electron chi connectivity index (χ3n) is 4.53. The zero-order valence-corrected chi connectivity index (χ0v) is 16.2.